The van der Waals surface area contributed by atoms with Crippen molar-refractivity contribution in [1.82, 2.24) is 4.31 Å². The van der Waals surface area contributed by atoms with E-state index in [-0.39, 0.29) is 17.2 Å². The largest absolute Gasteiger partial charge is 0.393 e. The van der Waals surface area contributed by atoms with Crippen LogP contribution in [-0.2, 0) is 10.0 Å². The van der Waals surface area contributed by atoms with Crippen molar-refractivity contribution in [2.45, 2.75) is 18.9 Å². The van der Waals surface area contributed by atoms with Crippen LogP contribution in [-0.4, -0.2) is 42.7 Å². The van der Waals surface area contributed by atoms with E-state index >= 15 is 0 Å². The molecule has 1 aliphatic rings. The maximum absolute atomic E-state index is 11.2. The minimum Gasteiger partial charge on any atom is -0.393 e. The fraction of sp³-hybridized carbons (Fsp3) is 1.00. The van der Waals surface area contributed by atoms with Gasteiger partial charge in [-0.25, -0.2) is 12.7 Å². The maximum Gasteiger partial charge on any atom is 0.227 e. The van der Waals surface area contributed by atoms with Gasteiger partial charge in [0.25, 0.3) is 0 Å². The number of hydrogen-bond acceptors (Lipinski definition) is 3. The number of aliphatic hydroxyl groups excluding tert-OH is 1. The number of aliphatic hydroxyl groups is 1. The van der Waals surface area contributed by atoms with Crippen LogP contribution in [0.4, 0.5) is 0 Å². The lowest BCUT2D eigenvalue weighted by Gasteiger charge is -2.33. The second kappa shape index (κ2) is 4.13. The molecule has 1 fully saturated rings. The minimum absolute atomic E-state index is 0.239. The van der Waals surface area contributed by atoms with E-state index in [2.05, 4.69) is 0 Å². The Bertz CT molecular complexity index is 261. The lowest BCUT2D eigenvalue weighted by atomic mass is 9.82. The number of halogens is 1. The van der Waals surface area contributed by atoms with E-state index in [1.807, 2.05) is 0 Å². The molecule has 0 unspecified atom stereocenters. The molecule has 0 aromatic rings. The first-order valence-corrected chi connectivity index (χ1v) is 6.28. The van der Waals surface area contributed by atoms with Gasteiger partial charge in [0, 0.05) is 13.6 Å². The summed E-state index contributed by atoms with van der Waals surface area (Å²) < 4.78 is 23.6. The average Bonchev–Trinajstić information content (AvgIpc) is 2.01. The maximum atomic E-state index is 11.2. The lowest BCUT2D eigenvalue weighted by molar-refractivity contribution is 0.0368. The zero-order valence-electron chi connectivity index (χ0n) is 7.48. The minimum atomic E-state index is -3.27. The summed E-state index contributed by atoms with van der Waals surface area (Å²) in [6.45, 7) is 0.464. The molecule has 13 heavy (non-hydrogen) atoms. The predicted molar refractivity (Wildman–Crippen MR) is 51.0 cm³/mol. The summed E-state index contributed by atoms with van der Waals surface area (Å²) >= 11 is 5.28. The third-order valence-electron chi connectivity index (χ3n) is 2.34. The lowest BCUT2D eigenvalue weighted by Crippen LogP contribution is -2.39. The molecule has 1 rings (SSSR count). The summed E-state index contributed by atoms with van der Waals surface area (Å²) in [4.78, 5) is 0. The number of rotatable bonds is 4. The van der Waals surface area contributed by atoms with Crippen molar-refractivity contribution in [3.63, 3.8) is 0 Å². The second-order valence-corrected chi connectivity index (χ2v) is 6.15. The topological polar surface area (TPSA) is 57.6 Å². The zero-order chi connectivity index (χ0) is 10.1. The summed E-state index contributed by atoms with van der Waals surface area (Å²) in [6.07, 6.45) is 1.15. The van der Waals surface area contributed by atoms with Gasteiger partial charge in [-0.15, -0.1) is 11.6 Å². The van der Waals surface area contributed by atoms with Gasteiger partial charge in [-0.3, -0.25) is 0 Å². The molecule has 0 heterocycles. The molecular weight excluding hydrogens is 214 g/mol. The Kier molecular flexibility index (Phi) is 3.57. The molecule has 0 aromatic carbocycles. The normalized spacial score (nSPS) is 28.9. The third-order valence-corrected chi connectivity index (χ3v) is 4.54. The molecule has 1 aliphatic carbocycles. The first-order chi connectivity index (χ1) is 5.95. The van der Waals surface area contributed by atoms with Gasteiger partial charge in [0.2, 0.25) is 10.0 Å². The number of alkyl halides is 1. The van der Waals surface area contributed by atoms with Gasteiger partial charge >= 0.3 is 0 Å². The predicted octanol–water partition coefficient (Wildman–Crippen LogP) is 0.215. The smallest absolute Gasteiger partial charge is 0.227 e. The Morgan fingerprint density at radius 3 is 2.46 bits per heavy atom. The van der Waals surface area contributed by atoms with Gasteiger partial charge < -0.3 is 5.11 Å². The third kappa shape index (κ3) is 2.80. The molecule has 78 valence electrons. The van der Waals surface area contributed by atoms with Crippen LogP contribution in [0, 0.1) is 5.92 Å². The highest BCUT2D eigenvalue weighted by molar-refractivity contribution is 7.90. The van der Waals surface area contributed by atoms with E-state index in [9.17, 15) is 8.42 Å². The van der Waals surface area contributed by atoms with Gasteiger partial charge in [-0.2, -0.15) is 0 Å². The van der Waals surface area contributed by atoms with Crippen molar-refractivity contribution in [2.24, 2.45) is 5.92 Å². The van der Waals surface area contributed by atoms with E-state index in [0.29, 0.717) is 19.4 Å². The van der Waals surface area contributed by atoms with Crippen LogP contribution in [0.5, 0.6) is 0 Å². The van der Waals surface area contributed by atoms with Gasteiger partial charge in [0.15, 0.2) is 0 Å². The Balaban J connectivity index is 2.38. The van der Waals surface area contributed by atoms with Crippen LogP contribution in [0.25, 0.3) is 0 Å². The van der Waals surface area contributed by atoms with Crippen molar-refractivity contribution in [3.05, 3.63) is 0 Å². The quantitative estimate of drug-likeness (QED) is 0.699. The molecule has 0 aromatic heterocycles. The van der Waals surface area contributed by atoms with E-state index in [0.717, 1.165) is 0 Å². The van der Waals surface area contributed by atoms with Gasteiger partial charge in [0.05, 0.1) is 6.10 Å². The van der Waals surface area contributed by atoms with Crippen molar-refractivity contribution in [3.8, 4) is 0 Å². The summed E-state index contributed by atoms with van der Waals surface area (Å²) in [5.74, 6) is 0.290. The van der Waals surface area contributed by atoms with E-state index < -0.39 is 10.0 Å². The monoisotopic (exact) mass is 227 g/mol. The fourth-order valence-corrected chi connectivity index (χ4v) is 2.51. The average molecular weight is 228 g/mol. The summed E-state index contributed by atoms with van der Waals surface area (Å²) in [7, 11) is -1.75. The van der Waals surface area contributed by atoms with Gasteiger partial charge in [-0.1, -0.05) is 0 Å². The standard InChI is InChI=1S/C7H14ClNO3S/c1-9(13(11,12)5-8)4-6-2-7(10)3-6/h6-7,10H,2-5H2,1H3. The molecule has 0 spiro atoms. The van der Waals surface area contributed by atoms with E-state index in [1.165, 1.54) is 11.4 Å². The Morgan fingerprint density at radius 1 is 1.54 bits per heavy atom. The van der Waals surface area contributed by atoms with Crippen LogP contribution in [0.2, 0.25) is 0 Å². The molecule has 1 saturated carbocycles. The molecule has 0 atom stereocenters. The van der Waals surface area contributed by atoms with Crippen LogP contribution in [0.3, 0.4) is 0 Å². The molecule has 4 nitrogen and oxygen atoms in total. The Morgan fingerprint density at radius 2 is 2.08 bits per heavy atom. The molecular formula is C7H14ClNO3S. The summed E-state index contributed by atoms with van der Waals surface area (Å²) in [5, 5.41) is 8.62. The SMILES string of the molecule is CN(CC1CC(O)C1)S(=O)(=O)CCl. The molecule has 0 amide bonds. The van der Waals surface area contributed by atoms with Crippen LogP contribution >= 0.6 is 11.6 Å². The Hall–Kier alpha value is 0.160. The van der Waals surface area contributed by atoms with E-state index in [1.54, 1.807) is 0 Å². The fourth-order valence-electron chi connectivity index (χ4n) is 1.41. The second-order valence-electron chi connectivity index (χ2n) is 3.49. The number of nitrogens with zero attached hydrogens (tertiary/aromatic N) is 1. The van der Waals surface area contributed by atoms with Crippen molar-refractivity contribution >= 4 is 21.6 Å². The molecule has 0 radical (unpaired) electrons. The number of sulfonamides is 1. The first-order valence-electron chi connectivity index (χ1n) is 4.13. The van der Waals surface area contributed by atoms with Gasteiger partial charge in [-0.05, 0) is 18.8 Å². The van der Waals surface area contributed by atoms with E-state index in [4.69, 9.17) is 16.7 Å². The van der Waals surface area contributed by atoms with Crippen LogP contribution in [0.15, 0.2) is 0 Å². The van der Waals surface area contributed by atoms with Crippen molar-refractivity contribution in [2.75, 3.05) is 18.8 Å². The highest BCUT2D eigenvalue weighted by atomic mass is 35.5. The molecule has 6 heteroatoms. The Labute approximate surface area is 83.5 Å². The molecule has 0 saturated heterocycles. The molecule has 1 N–H and O–H groups in total. The van der Waals surface area contributed by atoms with Crippen molar-refractivity contribution < 1.29 is 13.5 Å². The van der Waals surface area contributed by atoms with Crippen LogP contribution in [0.1, 0.15) is 12.8 Å². The van der Waals surface area contributed by atoms with Crippen molar-refractivity contribution in [1.29, 1.82) is 0 Å². The first kappa shape index (κ1) is 11.2. The zero-order valence-corrected chi connectivity index (χ0v) is 9.05. The number of hydrogen-bond donors (Lipinski definition) is 1. The highest BCUT2D eigenvalue weighted by Crippen LogP contribution is 2.28. The van der Waals surface area contributed by atoms with Crippen LogP contribution < -0.4 is 0 Å². The highest BCUT2D eigenvalue weighted by Gasteiger charge is 2.30. The summed E-state index contributed by atoms with van der Waals surface area (Å²) in [6, 6.07) is 0. The molecule has 0 aliphatic heterocycles. The summed E-state index contributed by atoms with van der Waals surface area (Å²) in [5.41, 5.74) is 0. The molecule has 0 bridgehead atoms. The van der Waals surface area contributed by atoms with Gasteiger partial charge in [0.1, 0.15) is 5.21 Å².